The van der Waals surface area contributed by atoms with E-state index in [9.17, 15) is 4.79 Å². The lowest BCUT2D eigenvalue weighted by Gasteiger charge is -2.15. The Morgan fingerprint density at radius 3 is 2.21 bits per heavy atom. The molecule has 0 unspecified atom stereocenters. The van der Waals surface area contributed by atoms with E-state index in [0.717, 1.165) is 31.5 Å². The molecule has 0 aromatic heterocycles. The van der Waals surface area contributed by atoms with Crippen LogP contribution in [0.5, 0.6) is 0 Å². The van der Waals surface area contributed by atoms with E-state index >= 15 is 0 Å². The molecular formula is C16H26N2O. The molecule has 1 aromatic rings. The van der Waals surface area contributed by atoms with Gasteiger partial charge in [-0.15, -0.1) is 0 Å². The predicted molar refractivity (Wildman–Crippen MR) is 81.7 cm³/mol. The van der Waals surface area contributed by atoms with Crippen molar-refractivity contribution < 1.29 is 4.79 Å². The highest BCUT2D eigenvalue weighted by Crippen LogP contribution is 2.22. The van der Waals surface area contributed by atoms with Crippen molar-refractivity contribution in [1.82, 2.24) is 5.32 Å². The fourth-order valence-corrected chi connectivity index (χ4v) is 2.04. The lowest BCUT2D eigenvalue weighted by molar-refractivity contribution is 0.251. The third-order valence-corrected chi connectivity index (χ3v) is 3.24. The summed E-state index contributed by atoms with van der Waals surface area (Å²) in [4.78, 5) is 11.9. The highest BCUT2D eigenvalue weighted by atomic mass is 16.2. The summed E-state index contributed by atoms with van der Waals surface area (Å²) < 4.78 is 0. The normalized spacial score (nSPS) is 10.6. The highest BCUT2D eigenvalue weighted by molar-refractivity contribution is 5.91. The molecule has 2 N–H and O–H groups in total. The highest BCUT2D eigenvalue weighted by Gasteiger charge is 2.09. The van der Waals surface area contributed by atoms with Crippen LogP contribution in [0.4, 0.5) is 10.5 Å². The molecule has 0 heterocycles. The molecular weight excluding hydrogens is 236 g/mol. The number of hydrogen-bond donors (Lipinski definition) is 2. The van der Waals surface area contributed by atoms with Crippen LogP contribution in [0.1, 0.15) is 45.2 Å². The molecule has 0 fully saturated rings. The number of urea groups is 1. The Morgan fingerprint density at radius 2 is 1.74 bits per heavy atom. The second-order valence-electron chi connectivity index (χ2n) is 5.22. The average Bonchev–Trinajstić information content (AvgIpc) is 2.38. The molecule has 0 aliphatic carbocycles. The van der Waals surface area contributed by atoms with E-state index in [1.54, 1.807) is 0 Å². The first-order chi connectivity index (χ1) is 9.08. The maximum absolute atomic E-state index is 11.9. The number of anilines is 1. The van der Waals surface area contributed by atoms with E-state index in [1.807, 2.05) is 0 Å². The Morgan fingerprint density at radius 1 is 1.16 bits per heavy atom. The van der Waals surface area contributed by atoms with Gasteiger partial charge in [-0.3, -0.25) is 0 Å². The minimum absolute atomic E-state index is 0.101. The number of benzene rings is 1. The Hall–Kier alpha value is -1.51. The van der Waals surface area contributed by atoms with Gasteiger partial charge in [-0.25, -0.2) is 4.79 Å². The number of aryl methyl sites for hydroxylation is 2. The molecule has 0 saturated heterocycles. The first-order valence-electron chi connectivity index (χ1n) is 7.24. The summed E-state index contributed by atoms with van der Waals surface area (Å²) in [6.45, 7) is 9.24. The van der Waals surface area contributed by atoms with Crippen LogP contribution in [0.2, 0.25) is 0 Å². The van der Waals surface area contributed by atoms with Crippen molar-refractivity contribution in [3.8, 4) is 0 Å². The van der Waals surface area contributed by atoms with E-state index in [0.29, 0.717) is 5.92 Å². The third kappa shape index (κ3) is 4.93. The van der Waals surface area contributed by atoms with Crippen LogP contribution in [0.3, 0.4) is 0 Å². The van der Waals surface area contributed by atoms with Crippen molar-refractivity contribution in [1.29, 1.82) is 0 Å². The van der Waals surface area contributed by atoms with Gasteiger partial charge in [0.15, 0.2) is 0 Å². The van der Waals surface area contributed by atoms with Crippen LogP contribution in [0.25, 0.3) is 0 Å². The van der Waals surface area contributed by atoms with Crippen LogP contribution in [0, 0.1) is 5.92 Å². The van der Waals surface area contributed by atoms with Gasteiger partial charge in [-0.05, 0) is 36.3 Å². The van der Waals surface area contributed by atoms with Crippen LogP contribution < -0.4 is 10.6 Å². The Kier molecular flexibility index (Phi) is 6.40. The molecule has 2 amide bonds. The Bertz CT molecular complexity index is 391. The number of carbonyl (C=O) groups excluding carboxylic acids is 1. The average molecular weight is 262 g/mol. The predicted octanol–water partition coefficient (Wildman–Crippen LogP) is 3.98. The lowest BCUT2D eigenvalue weighted by Crippen LogP contribution is -2.30. The van der Waals surface area contributed by atoms with Crippen molar-refractivity contribution in [3.05, 3.63) is 29.3 Å². The van der Waals surface area contributed by atoms with Crippen molar-refractivity contribution in [2.24, 2.45) is 5.92 Å². The zero-order valence-electron chi connectivity index (χ0n) is 12.5. The van der Waals surface area contributed by atoms with Crippen LogP contribution >= 0.6 is 0 Å². The van der Waals surface area contributed by atoms with Gasteiger partial charge in [-0.1, -0.05) is 45.9 Å². The van der Waals surface area contributed by atoms with Gasteiger partial charge in [0.1, 0.15) is 0 Å². The van der Waals surface area contributed by atoms with Gasteiger partial charge in [0.2, 0.25) is 0 Å². The van der Waals surface area contributed by atoms with Gasteiger partial charge in [0, 0.05) is 12.2 Å². The summed E-state index contributed by atoms with van der Waals surface area (Å²) in [6.07, 6.45) is 2.86. The molecule has 1 rings (SSSR count). The number of carbonyl (C=O) groups is 1. The smallest absolute Gasteiger partial charge is 0.319 e. The quantitative estimate of drug-likeness (QED) is 0.800. The van der Waals surface area contributed by atoms with E-state index < -0.39 is 0 Å². The fraction of sp³-hybridized carbons (Fsp3) is 0.562. The maximum atomic E-state index is 11.9. The topological polar surface area (TPSA) is 41.1 Å². The van der Waals surface area contributed by atoms with Gasteiger partial charge in [0.05, 0.1) is 0 Å². The van der Waals surface area contributed by atoms with Crippen molar-refractivity contribution >= 4 is 11.7 Å². The lowest BCUT2D eigenvalue weighted by atomic mass is 10.0. The fourth-order valence-electron chi connectivity index (χ4n) is 2.04. The van der Waals surface area contributed by atoms with Gasteiger partial charge in [0.25, 0.3) is 0 Å². The standard InChI is InChI=1S/C16H26N2O/c1-5-13-8-7-9-14(6-2)15(13)18-16(19)17-11-10-12(3)4/h7-9,12H,5-6,10-11H2,1-4H3,(H2,17,18,19). The minimum atomic E-state index is -0.101. The molecule has 0 radical (unpaired) electrons. The monoisotopic (exact) mass is 262 g/mol. The number of para-hydroxylation sites is 1. The molecule has 0 bridgehead atoms. The first-order valence-corrected chi connectivity index (χ1v) is 7.24. The Balaban J connectivity index is 2.67. The van der Waals surface area contributed by atoms with E-state index in [4.69, 9.17) is 0 Å². The van der Waals surface area contributed by atoms with Gasteiger partial charge in [-0.2, -0.15) is 0 Å². The van der Waals surface area contributed by atoms with Gasteiger partial charge < -0.3 is 10.6 Å². The molecule has 0 spiro atoms. The maximum Gasteiger partial charge on any atom is 0.319 e. The second kappa shape index (κ2) is 7.82. The summed E-state index contributed by atoms with van der Waals surface area (Å²) in [5, 5.41) is 5.92. The zero-order chi connectivity index (χ0) is 14.3. The molecule has 0 saturated carbocycles. The number of nitrogens with one attached hydrogen (secondary N) is 2. The minimum Gasteiger partial charge on any atom is -0.338 e. The van der Waals surface area contributed by atoms with Crippen molar-refractivity contribution in [2.45, 2.75) is 47.0 Å². The molecule has 0 atom stereocenters. The second-order valence-corrected chi connectivity index (χ2v) is 5.22. The van der Waals surface area contributed by atoms with Crippen LogP contribution in [-0.2, 0) is 12.8 Å². The molecule has 1 aromatic carbocycles. The van der Waals surface area contributed by atoms with Crippen molar-refractivity contribution in [2.75, 3.05) is 11.9 Å². The number of rotatable bonds is 6. The van der Waals surface area contributed by atoms with Crippen LogP contribution in [0.15, 0.2) is 18.2 Å². The zero-order valence-corrected chi connectivity index (χ0v) is 12.5. The molecule has 19 heavy (non-hydrogen) atoms. The molecule has 0 aliphatic rings. The summed E-state index contributed by atoms with van der Waals surface area (Å²) >= 11 is 0. The molecule has 3 heteroatoms. The molecule has 3 nitrogen and oxygen atoms in total. The largest absolute Gasteiger partial charge is 0.338 e. The van der Waals surface area contributed by atoms with Crippen molar-refractivity contribution in [3.63, 3.8) is 0 Å². The number of amides is 2. The summed E-state index contributed by atoms with van der Waals surface area (Å²) in [5.41, 5.74) is 3.37. The van der Waals surface area contributed by atoms with Gasteiger partial charge >= 0.3 is 6.03 Å². The third-order valence-electron chi connectivity index (χ3n) is 3.24. The van der Waals surface area contributed by atoms with E-state index in [-0.39, 0.29) is 6.03 Å². The molecule has 106 valence electrons. The first kappa shape index (κ1) is 15.5. The van der Waals surface area contributed by atoms with E-state index in [2.05, 4.69) is 56.5 Å². The van der Waals surface area contributed by atoms with Crippen LogP contribution in [-0.4, -0.2) is 12.6 Å². The Labute approximate surface area is 116 Å². The molecule has 0 aliphatic heterocycles. The summed E-state index contributed by atoms with van der Waals surface area (Å²) in [6, 6.07) is 6.10. The SMILES string of the molecule is CCc1cccc(CC)c1NC(=O)NCCC(C)C. The number of hydrogen-bond acceptors (Lipinski definition) is 1. The summed E-state index contributed by atoms with van der Waals surface area (Å²) in [5.74, 6) is 0.606. The van der Waals surface area contributed by atoms with E-state index in [1.165, 1.54) is 11.1 Å². The summed E-state index contributed by atoms with van der Waals surface area (Å²) in [7, 11) is 0.